The zero-order chi connectivity index (χ0) is 21.5. The lowest BCUT2D eigenvalue weighted by Crippen LogP contribution is -2.47. The van der Waals surface area contributed by atoms with Gasteiger partial charge in [0.15, 0.2) is 4.34 Å². The van der Waals surface area contributed by atoms with Crippen molar-refractivity contribution in [3.05, 3.63) is 45.7 Å². The summed E-state index contributed by atoms with van der Waals surface area (Å²) in [5, 5.41) is 4.75. The fraction of sp³-hybridized carbons (Fsp3) is 0.421. The number of primary amides is 1. The second-order valence-electron chi connectivity index (χ2n) is 6.82. The molecule has 0 radical (unpaired) electrons. The van der Waals surface area contributed by atoms with Gasteiger partial charge in [-0.25, -0.2) is 9.37 Å². The first-order valence-electron chi connectivity index (χ1n) is 9.29. The summed E-state index contributed by atoms with van der Waals surface area (Å²) < 4.78 is 20.1. The van der Waals surface area contributed by atoms with Gasteiger partial charge in [-0.3, -0.25) is 14.5 Å². The van der Waals surface area contributed by atoms with Gasteiger partial charge in [0, 0.05) is 31.6 Å². The van der Waals surface area contributed by atoms with E-state index in [0.29, 0.717) is 31.9 Å². The number of aromatic nitrogens is 1. The van der Waals surface area contributed by atoms with Crippen LogP contribution in [0.5, 0.6) is 0 Å². The molecule has 7 nitrogen and oxygen atoms in total. The second-order valence-corrected chi connectivity index (χ2v) is 9.30. The van der Waals surface area contributed by atoms with Gasteiger partial charge in [0.1, 0.15) is 5.82 Å². The zero-order valence-electron chi connectivity index (χ0n) is 16.1. The highest BCUT2D eigenvalue weighted by Gasteiger charge is 2.21. The first-order valence-corrected chi connectivity index (χ1v) is 11.5. The number of thiazole rings is 1. The molecule has 0 saturated carbocycles. The molecule has 1 fully saturated rings. The summed E-state index contributed by atoms with van der Waals surface area (Å²) in [4.78, 5) is 29.5. The van der Waals surface area contributed by atoms with Gasteiger partial charge in [0.05, 0.1) is 35.6 Å². The van der Waals surface area contributed by atoms with Gasteiger partial charge in [-0.15, -0.1) is 11.3 Å². The van der Waals surface area contributed by atoms with Crippen LogP contribution in [0.25, 0.3) is 0 Å². The number of halogens is 2. The summed E-state index contributed by atoms with van der Waals surface area (Å²) >= 11 is 8.42. The van der Waals surface area contributed by atoms with Crippen LogP contribution in [0.1, 0.15) is 11.3 Å². The maximum atomic E-state index is 13.6. The summed E-state index contributed by atoms with van der Waals surface area (Å²) in [6, 6.07) is 4.81. The lowest BCUT2D eigenvalue weighted by Gasteiger charge is -2.33. The fourth-order valence-electron chi connectivity index (χ4n) is 2.96. The van der Waals surface area contributed by atoms with Crippen molar-refractivity contribution < 1.29 is 18.7 Å². The number of hydrogen-bond acceptors (Lipinski definition) is 7. The van der Waals surface area contributed by atoms with Gasteiger partial charge in [-0.05, 0) is 17.7 Å². The van der Waals surface area contributed by atoms with Crippen molar-refractivity contribution in [2.45, 2.75) is 23.4 Å². The molecular weight excluding hydrogens is 451 g/mol. The molecule has 0 spiro atoms. The molecule has 30 heavy (non-hydrogen) atoms. The van der Waals surface area contributed by atoms with Crippen LogP contribution in [0.3, 0.4) is 0 Å². The minimum atomic E-state index is -0.433. The largest absolute Gasteiger partial charge is 0.374 e. The Hall–Kier alpha value is -1.72. The minimum absolute atomic E-state index is 0.0986. The molecule has 11 heteroatoms. The number of carbonyl (C=O) groups is 2. The third-order valence-electron chi connectivity index (χ3n) is 4.35. The Kier molecular flexibility index (Phi) is 8.46. The fourth-order valence-corrected chi connectivity index (χ4v) is 4.76. The Morgan fingerprint density at radius 1 is 1.47 bits per heavy atom. The molecular formula is C19H22ClFN4O3S2. The smallest absolute Gasteiger partial charge is 0.230 e. The topological polar surface area (TPSA) is 97.5 Å². The monoisotopic (exact) mass is 472 g/mol. The molecule has 1 aromatic heterocycles. The predicted octanol–water partition coefficient (Wildman–Crippen LogP) is 2.07. The van der Waals surface area contributed by atoms with E-state index in [1.165, 1.54) is 29.2 Å². The molecule has 0 unspecified atom stereocenters. The number of morpholine rings is 1. The third kappa shape index (κ3) is 7.21. The van der Waals surface area contributed by atoms with Crippen LogP contribution in [0.2, 0.25) is 5.02 Å². The third-order valence-corrected chi connectivity index (χ3v) is 6.73. The lowest BCUT2D eigenvalue weighted by molar-refractivity contribution is -0.120. The molecule has 2 aromatic rings. The Bertz CT molecular complexity index is 898. The SMILES string of the molecule is NC(=O)Cc1csc(SCC(=O)NC[C@H]2CN(Cc3ccc(Cl)c(F)c3)CCO2)n1. The molecule has 1 aromatic carbocycles. The van der Waals surface area contributed by atoms with Crippen molar-refractivity contribution in [2.24, 2.45) is 5.73 Å². The van der Waals surface area contributed by atoms with Crippen LogP contribution >= 0.6 is 34.7 Å². The van der Waals surface area contributed by atoms with E-state index in [1.807, 2.05) is 6.07 Å². The molecule has 2 amide bonds. The molecule has 1 aliphatic rings. The van der Waals surface area contributed by atoms with Crippen molar-refractivity contribution in [3.8, 4) is 0 Å². The number of nitrogens with zero attached hydrogens (tertiary/aromatic N) is 2. The number of benzene rings is 1. The Morgan fingerprint density at radius 2 is 2.30 bits per heavy atom. The highest BCUT2D eigenvalue weighted by Crippen LogP contribution is 2.22. The van der Waals surface area contributed by atoms with E-state index in [0.717, 1.165) is 16.4 Å². The molecule has 0 aliphatic carbocycles. The molecule has 1 aliphatic heterocycles. The quantitative estimate of drug-likeness (QED) is 0.542. The van der Waals surface area contributed by atoms with E-state index in [4.69, 9.17) is 22.1 Å². The van der Waals surface area contributed by atoms with Crippen molar-refractivity contribution in [3.63, 3.8) is 0 Å². The van der Waals surface area contributed by atoms with E-state index in [9.17, 15) is 14.0 Å². The van der Waals surface area contributed by atoms with E-state index in [-0.39, 0.29) is 29.2 Å². The Labute approximate surface area is 187 Å². The van der Waals surface area contributed by atoms with Crippen molar-refractivity contribution >= 4 is 46.5 Å². The first-order chi connectivity index (χ1) is 14.4. The number of hydrogen-bond donors (Lipinski definition) is 2. The number of carbonyl (C=O) groups excluding carboxylic acids is 2. The van der Waals surface area contributed by atoms with Gasteiger partial charge in [0.2, 0.25) is 11.8 Å². The molecule has 3 N–H and O–H groups in total. The predicted molar refractivity (Wildman–Crippen MR) is 115 cm³/mol. The molecule has 3 rings (SSSR count). The standard InChI is InChI=1S/C19H22ClFN4O3S2/c20-15-2-1-12(5-16(15)21)8-25-3-4-28-14(9-25)7-23-18(27)11-30-19-24-13(10-29-19)6-17(22)26/h1-2,5,10,14H,3-4,6-9,11H2,(H2,22,26)(H,23,27)/t14-/m0/s1. The Balaban J connectivity index is 1.39. The Morgan fingerprint density at radius 3 is 3.07 bits per heavy atom. The summed E-state index contributed by atoms with van der Waals surface area (Å²) in [5.74, 6) is -0.750. The first kappa shape index (κ1) is 23.0. The summed E-state index contributed by atoms with van der Waals surface area (Å²) in [6.45, 7) is 2.92. The summed E-state index contributed by atoms with van der Waals surface area (Å²) in [5.41, 5.74) is 6.61. The van der Waals surface area contributed by atoms with Crippen molar-refractivity contribution in [1.29, 1.82) is 0 Å². The van der Waals surface area contributed by atoms with E-state index >= 15 is 0 Å². The van der Waals surface area contributed by atoms with Gasteiger partial charge in [-0.1, -0.05) is 29.4 Å². The van der Waals surface area contributed by atoms with Crippen LogP contribution in [-0.2, 0) is 27.3 Å². The molecule has 1 atom stereocenters. The zero-order valence-corrected chi connectivity index (χ0v) is 18.5. The van der Waals surface area contributed by atoms with Crippen LogP contribution < -0.4 is 11.1 Å². The number of nitrogens with two attached hydrogens (primary N) is 1. The maximum absolute atomic E-state index is 13.6. The normalized spacial score (nSPS) is 17.1. The van der Waals surface area contributed by atoms with Crippen LogP contribution in [-0.4, -0.2) is 59.8 Å². The van der Waals surface area contributed by atoms with Crippen LogP contribution in [0.4, 0.5) is 4.39 Å². The highest BCUT2D eigenvalue weighted by molar-refractivity contribution is 8.01. The number of amides is 2. The van der Waals surface area contributed by atoms with E-state index < -0.39 is 11.7 Å². The summed E-state index contributed by atoms with van der Waals surface area (Å²) in [6.07, 6.45) is -0.0339. The van der Waals surface area contributed by atoms with Gasteiger partial charge in [0.25, 0.3) is 0 Å². The molecule has 0 bridgehead atoms. The lowest BCUT2D eigenvalue weighted by atomic mass is 10.2. The van der Waals surface area contributed by atoms with Crippen molar-refractivity contribution in [1.82, 2.24) is 15.2 Å². The second kappa shape index (κ2) is 11.1. The van der Waals surface area contributed by atoms with Gasteiger partial charge >= 0.3 is 0 Å². The van der Waals surface area contributed by atoms with Gasteiger partial charge in [-0.2, -0.15) is 0 Å². The number of rotatable bonds is 9. The number of thioether (sulfide) groups is 1. The van der Waals surface area contributed by atoms with E-state index in [2.05, 4.69) is 15.2 Å². The minimum Gasteiger partial charge on any atom is -0.374 e. The molecule has 1 saturated heterocycles. The van der Waals surface area contributed by atoms with Gasteiger partial charge < -0.3 is 15.8 Å². The van der Waals surface area contributed by atoms with Crippen molar-refractivity contribution in [2.75, 3.05) is 32.0 Å². The highest BCUT2D eigenvalue weighted by atomic mass is 35.5. The average Bonchev–Trinajstić information content (AvgIpc) is 3.14. The number of ether oxygens (including phenoxy) is 1. The van der Waals surface area contributed by atoms with E-state index in [1.54, 1.807) is 11.4 Å². The molecule has 2 heterocycles. The maximum Gasteiger partial charge on any atom is 0.230 e. The average molecular weight is 473 g/mol. The number of nitrogens with one attached hydrogen (secondary N) is 1. The van der Waals surface area contributed by atoms with Crippen LogP contribution in [0, 0.1) is 5.82 Å². The summed E-state index contributed by atoms with van der Waals surface area (Å²) in [7, 11) is 0. The molecule has 162 valence electrons. The van der Waals surface area contributed by atoms with Crippen LogP contribution in [0.15, 0.2) is 27.9 Å².